The highest BCUT2D eigenvalue weighted by Gasteiger charge is 2.32. The Kier molecular flexibility index (Phi) is 6.30. The topological polar surface area (TPSA) is 52.6 Å². The van der Waals surface area contributed by atoms with E-state index >= 15 is 0 Å². The number of nitrogens with zero attached hydrogens (tertiary/aromatic N) is 1. The molecule has 1 aliphatic heterocycles. The summed E-state index contributed by atoms with van der Waals surface area (Å²) >= 11 is 5.87. The number of carbonyl (C=O) groups is 1. The van der Waals surface area contributed by atoms with Crippen molar-refractivity contribution in [2.45, 2.75) is 31.4 Å². The molecular weight excluding hydrogens is 348 g/mol. The molecule has 3 rings (SSSR count). The lowest BCUT2D eigenvalue weighted by Crippen LogP contribution is -2.38. The van der Waals surface area contributed by atoms with Crippen LogP contribution in [0.3, 0.4) is 0 Å². The Morgan fingerprint density at radius 2 is 1.81 bits per heavy atom. The lowest BCUT2D eigenvalue weighted by molar-refractivity contribution is -0.122. The number of likely N-dealkylation sites (tertiary alicyclic amines) is 1. The molecule has 138 valence electrons. The van der Waals surface area contributed by atoms with Crippen LogP contribution < -0.4 is 5.32 Å². The number of hydrogen-bond acceptors (Lipinski definition) is 3. The fourth-order valence-electron chi connectivity index (χ4n) is 3.43. The molecule has 1 atom stereocenters. The van der Waals surface area contributed by atoms with Gasteiger partial charge in [0.25, 0.3) is 0 Å². The van der Waals surface area contributed by atoms with Crippen LogP contribution in [0, 0.1) is 0 Å². The normalized spacial score (nSPS) is 21.2. The van der Waals surface area contributed by atoms with Crippen molar-refractivity contribution in [1.29, 1.82) is 0 Å². The van der Waals surface area contributed by atoms with E-state index < -0.39 is 5.60 Å². The molecule has 1 saturated heterocycles. The van der Waals surface area contributed by atoms with E-state index in [1.165, 1.54) is 0 Å². The molecule has 0 spiro atoms. The summed E-state index contributed by atoms with van der Waals surface area (Å²) in [5.74, 6) is 0.00472. The zero-order valence-corrected chi connectivity index (χ0v) is 15.6. The van der Waals surface area contributed by atoms with E-state index in [-0.39, 0.29) is 5.91 Å². The molecular formula is C21H25ClN2O2. The smallest absolute Gasteiger partial charge is 0.234 e. The molecule has 26 heavy (non-hydrogen) atoms. The first-order valence-electron chi connectivity index (χ1n) is 9.07. The van der Waals surface area contributed by atoms with Crippen molar-refractivity contribution < 1.29 is 9.90 Å². The molecule has 4 nitrogen and oxygen atoms in total. The number of aliphatic hydroxyl groups is 1. The van der Waals surface area contributed by atoms with Crippen molar-refractivity contribution in [1.82, 2.24) is 10.2 Å². The van der Waals surface area contributed by atoms with Gasteiger partial charge in [-0.3, -0.25) is 9.69 Å². The molecule has 0 radical (unpaired) electrons. The zero-order chi connectivity index (χ0) is 18.4. The molecule has 2 aromatic rings. The van der Waals surface area contributed by atoms with E-state index in [0.717, 1.165) is 30.5 Å². The predicted octanol–water partition coefficient (Wildman–Crippen LogP) is 3.33. The Labute approximate surface area is 159 Å². The zero-order valence-electron chi connectivity index (χ0n) is 14.8. The second-order valence-electron chi connectivity index (χ2n) is 6.93. The first-order valence-corrected chi connectivity index (χ1v) is 9.44. The number of amides is 1. The van der Waals surface area contributed by atoms with Crippen LogP contribution >= 0.6 is 11.6 Å². The van der Waals surface area contributed by atoms with Gasteiger partial charge < -0.3 is 10.4 Å². The van der Waals surface area contributed by atoms with Gasteiger partial charge in [-0.15, -0.1) is 0 Å². The van der Waals surface area contributed by atoms with E-state index in [2.05, 4.69) is 10.2 Å². The van der Waals surface area contributed by atoms with Gasteiger partial charge in [0.15, 0.2) is 0 Å². The van der Waals surface area contributed by atoms with Gasteiger partial charge in [-0.1, -0.05) is 54.1 Å². The standard InChI is InChI=1S/C21H25ClN2O2/c22-19-9-7-17(8-10-19)15-23-20(25)16-24-13-4-11-21(26,12-14-24)18-5-2-1-3-6-18/h1-3,5-10,26H,4,11-16H2,(H,23,25)/t21-/m1/s1. The van der Waals surface area contributed by atoms with Gasteiger partial charge >= 0.3 is 0 Å². The monoisotopic (exact) mass is 372 g/mol. The van der Waals surface area contributed by atoms with Crippen LogP contribution in [0.5, 0.6) is 0 Å². The van der Waals surface area contributed by atoms with Gasteiger partial charge in [0.1, 0.15) is 0 Å². The van der Waals surface area contributed by atoms with E-state index in [4.69, 9.17) is 11.6 Å². The minimum atomic E-state index is -0.796. The fraction of sp³-hybridized carbons (Fsp3) is 0.381. The maximum absolute atomic E-state index is 12.3. The van der Waals surface area contributed by atoms with Crippen LogP contribution in [0.2, 0.25) is 5.02 Å². The molecule has 1 heterocycles. The molecule has 0 aromatic heterocycles. The SMILES string of the molecule is O=C(CN1CCC[C@](O)(c2ccccc2)CC1)NCc1ccc(Cl)cc1. The van der Waals surface area contributed by atoms with Crippen molar-refractivity contribution in [3.63, 3.8) is 0 Å². The van der Waals surface area contributed by atoms with Gasteiger partial charge in [-0.05, 0) is 49.1 Å². The highest BCUT2D eigenvalue weighted by molar-refractivity contribution is 6.30. The Balaban J connectivity index is 1.50. The molecule has 1 fully saturated rings. The van der Waals surface area contributed by atoms with Crippen LogP contribution in [-0.2, 0) is 16.9 Å². The highest BCUT2D eigenvalue weighted by atomic mass is 35.5. The number of nitrogens with one attached hydrogen (secondary N) is 1. The summed E-state index contributed by atoms with van der Waals surface area (Å²) in [6, 6.07) is 17.3. The molecule has 0 aliphatic carbocycles. The lowest BCUT2D eigenvalue weighted by Gasteiger charge is -2.27. The van der Waals surface area contributed by atoms with Gasteiger partial charge in [-0.25, -0.2) is 0 Å². The highest BCUT2D eigenvalue weighted by Crippen LogP contribution is 2.32. The predicted molar refractivity (Wildman–Crippen MR) is 104 cm³/mol. The van der Waals surface area contributed by atoms with Crippen molar-refractivity contribution in [2.75, 3.05) is 19.6 Å². The molecule has 2 aromatic carbocycles. The van der Waals surface area contributed by atoms with E-state index in [0.29, 0.717) is 31.1 Å². The minimum absolute atomic E-state index is 0.00472. The number of hydrogen-bond donors (Lipinski definition) is 2. The van der Waals surface area contributed by atoms with Gasteiger partial charge in [0, 0.05) is 18.1 Å². The summed E-state index contributed by atoms with van der Waals surface area (Å²) in [4.78, 5) is 14.4. The second kappa shape index (κ2) is 8.67. The molecule has 1 amide bonds. The van der Waals surface area contributed by atoms with E-state index in [1.807, 2.05) is 54.6 Å². The third kappa shape index (κ3) is 5.07. The third-order valence-corrected chi connectivity index (χ3v) is 5.24. The summed E-state index contributed by atoms with van der Waals surface area (Å²) in [6.45, 7) is 2.39. The molecule has 1 aliphatic rings. The molecule has 0 saturated carbocycles. The largest absolute Gasteiger partial charge is 0.385 e. The maximum atomic E-state index is 12.3. The molecule has 0 bridgehead atoms. The first-order chi connectivity index (χ1) is 12.5. The number of halogens is 1. The van der Waals surface area contributed by atoms with Crippen LogP contribution in [0.25, 0.3) is 0 Å². The van der Waals surface area contributed by atoms with Crippen molar-refractivity contribution in [3.05, 3.63) is 70.7 Å². The summed E-state index contributed by atoms with van der Waals surface area (Å²) < 4.78 is 0. The van der Waals surface area contributed by atoms with Gasteiger partial charge in [0.05, 0.1) is 12.1 Å². The Morgan fingerprint density at radius 1 is 1.08 bits per heavy atom. The van der Waals surface area contributed by atoms with Gasteiger partial charge in [0.2, 0.25) is 5.91 Å². The lowest BCUT2D eigenvalue weighted by atomic mass is 9.87. The van der Waals surface area contributed by atoms with Crippen LogP contribution in [0.1, 0.15) is 30.4 Å². The third-order valence-electron chi connectivity index (χ3n) is 4.99. The first kappa shape index (κ1) is 18.9. The molecule has 5 heteroatoms. The van der Waals surface area contributed by atoms with Crippen molar-refractivity contribution in [3.8, 4) is 0 Å². The average Bonchev–Trinajstić information content (AvgIpc) is 2.85. The van der Waals surface area contributed by atoms with Crippen LogP contribution in [0.15, 0.2) is 54.6 Å². The van der Waals surface area contributed by atoms with E-state index in [9.17, 15) is 9.90 Å². The van der Waals surface area contributed by atoms with Gasteiger partial charge in [-0.2, -0.15) is 0 Å². The Hall–Kier alpha value is -1.88. The fourth-order valence-corrected chi connectivity index (χ4v) is 3.56. The Bertz CT molecular complexity index is 721. The maximum Gasteiger partial charge on any atom is 0.234 e. The quantitative estimate of drug-likeness (QED) is 0.846. The second-order valence-corrected chi connectivity index (χ2v) is 7.37. The number of carbonyl (C=O) groups excluding carboxylic acids is 1. The van der Waals surface area contributed by atoms with Crippen molar-refractivity contribution in [2.24, 2.45) is 0 Å². The number of rotatable bonds is 5. The Morgan fingerprint density at radius 3 is 2.54 bits per heavy atom. The number of benzene rings is 2. The summed E-state index contributed by atoms with van der Waals surface area (Å²) in [7, 11) is 0. The summed E-state index contributed by atoms with van der Waals surface area (Å²) in [6.07, 6.45) is 2.23. The van der Waals surface area contributed by atoms with Crippen molar-refractivity contribution >= 4 is 17.5 Å². The summed E-state index contributed by atoms with van der Waals surface area (Å²) in [5, 5.41) is 14.7. The average molecular weight is 373 g/mol. The van der Waals surface area contributed by atoms with Crippen LogP contribution in [-0.4, -0.2) is 35.5 Å². The molecule has 0 unspecified atom stereocenters. The van der Waals surface area contributed by atoms with E-state index in [1.54, 1.807) is 0 Å². The summed E-state index contributed by atoms with van der Waals surface area (Å²) in [5.41, 5.74) is 1.20. The van der Waals surface area contributed by atoms with Crippen LogP contribution in [0.4, 0.5) is 0 Å². The minimum Gasteiger partial charge on any atom is -0.385 e. The molecule has 2 N–H and O–H groups in total.